The van der Waals surface area contributed by atoms with E-state index in [2.05, 4.69) is 36.5 Å². The Labute approximate surface area is 156 Å². The summed E-state index contributed by atoms with van der Waals surface area (Å²) in [6.45, 7) is 0. The molecule has 2 aromatic carbocycles. The monoisotopic (exact) mass is 412 g/mol. The zero-order valence-electron chi connectivity index (χ0n) is 13.3. The third-order valence-electron chi connectivity index (χ3n) is 3.37. The molecule has 3 aromatic rings. The van der Waals surface area contributed by atoms with Crippen LogP contribution < -0.4 is 10.6 Å². The Morgan fingerprint density at radius 3 is 2.65 bits per heavy atom. The van der Waals surface area contributed by atoms with Gasteiger partial charge in [0.1, 0.15) is 12.1 Å². The van der Waals surface area contributed by atoms with Crippen LogP contribution in [0.2, 0.25) is 0 Å². The molecule has 0 atom stereocenters. The SMILES string of the molecule is O=C(O)/C=C\C(=O)Nc1ccc2ncnc(Nc3cccc(Br)c3)c2c1. The number of carbonyl (C=O) groups is 2. The number of carbonyl (C=O) groups excluding carboxylic acids is 1. The van der Waals surface area contributed by atoms with E-state index in [1.54, 1.807) is 18.2 Å². The number of aliphatic carboxylic acids is 1. The molecule has 1 heterocycles. The highest BCUT2D eigenvalue weighted by atomic mass is 79.9. The number of rotatable bonds is 5. The van der Waals surface area contributed by atoms with Crippen molar-refractivity contribution in [1.29, 1.82) is 0 Å². The van der Waals surface area contributed by atoms with E-state index in [1.807, 2.05) is 24.3 Å². The van der Waals surface area contributed by atoms with Crippen molar-refractivity contribution in [3.63, 3.8) is 0 Å². The number of amides is 1. The molecule has 0 spiro atoms. The van der Waals surface area contributed by atoms with E-state index in [0.29, 0.717) is 22.4 Å². The first-order valence-electron chi connectivity index (χ1n) is 7.50. The van der Waals surface area contributed by atoms with Gasteiger partial charge in [0, 0.05) is 33.4 Å². The van der Waals surface area contributed by atoms with Crippen LogP contribution in [-0.2, 0) is 9.59 Å². The van der Waals surface area contributed by atoms with Gasteiger partial charge in [0.15, 0.2) is 0 Å². The van der Waals surface area contributed by atoms with E-state index in [-0.39, 0.29) is 0 Å². The number of carboxylic acids is 1. The molecule has 1 aromatic heterocycles. The van der Waals surface area contributed by atoms with E-state index in [0.717, 1.165) is 22.3 Å². The predicted octanol–water partition coefficient (Wildman–Crippen LogP) is 3.72. The first-order valence-corrected chi connectivity index (χ1v) is 8.30. The lowest BCUT2D eigenvalue weighted by molar-refractivity contribution is -0.131. The predicted molar refractivity (Wildman–Crippen MR) is 102 cm³/mol. The van der Waals surface area contributed by atoms with E-state index >= 15 is 0 Å². The van der Waals surface area contributed by atoms with Crippen LogP contribution in [0.25, 0.3) is 10.9 Å². The maximum Gasteiger partial charge on any atom is 0.328 e. The molecule has 0 fully saturated rings. The minimum absolute atomic E-state index is 0.504. The summed E-state index contributed by atoms with van der Waals surface area (Å²) in [4.78, 5) is 30.7. The number of hydrogen-bond donors (Lipinski definition) is 3. The van der Waals surface area contributed by atoms with E-state index < -0.39 is 11.9 Å². The Morgan fingerprint density at radius 2 is 1.88 bits per heavy atom. The minimum Gasteiger partial charge on any atom is -0.478 e. The van der Waals surface area contributed by atoms with Gasteiger partial charge in [-0.15, -0.1) is 0 Å². The third-order valence-corrected chi connectivity index (χ3v) is 3.86. The van der Waals surface area contributed by atoms with Gasteiger partial charge in [-0.2, -0.15) is 0 Å². The number of nitrogens with zero attached hydrogens (tertiary/aromatic N) is 2. The highest BCUT2D eigenvalue weighted by Crippen LogP contribution is 2.26. The number of fused-ring (bicyclic) bond motifs is 1. The topological polar surface area (TPSA) is 104 Å². The Kier molecular flexibility index (Phi) is 5.23. The molecule has 26 heavy (non-hydrogen) atoms. The lowest BCUT2D eigenvalue weighted by atomic mass is 10.2. The van der Waals surface area contributed by atoms with Crippen LogP contribution in [0.1, 0.15) is 0 Å². The number of halogens is 1. The zero-order valence-corrected chi connectivity index (χ0v) is 14.9. The van der Waals surface area contributed by atoms with Crippen LogP contribution in [0.15, 0.2) is 65.4 Å². The van der Waals surface area contributed by atoms with Gasteiger partial charge >= 0.3 is 5.97 Å². The molecule has 130 valence electrons. The van der Waals surface area contributed by atoms with Gasteiger partial charge in [-0.3, -0.25) is 4.79 Å². The molecule has 3 rings (SSSR count). The number of nitrogens with one attached hydrogen (secondary N) is 2. The summed E-state index contributed by atoms with van der Waals surface area (Å²) in [6.07, 6.45) is 3.19. The number of aromatic nitrogens is 2. The Balaban J connectivity index is 1.90. The molecule has 0 unspecified atom stereocenters. The third kappa shape index (κ3) is 4.42. The van der Waals surface area contributed by atoms with Crippen molar-refractivity contribution in [2.24, 2.45) is 0 Å². The second kappa shape index (κ2) is 7.75. The standard InChI is InChI=1S/C18H13BrN4O3/c19-11-2-1-3-12(8-11)23-18-14-9-13(4-5-15(14)20-10-21-18)22-16(24)6-7-17(25)26/h1-10H,(H,22,24)(H,25,26)(H,20,21,23)/b7-6-. The summed E-state index contributed by atoms with van der Waals surface area (Å²) in [5.74, 6) is -1.14. The highest BCUT2D eigenvalue weighted by molar-refractivity contribution is 9.10. The fourth-order valence-corrected chi connectivity index (χ4v) is 2.67. The fourth-order valence-electron chi connectivity index (χ4n) is 2.27. The second-order valence-electron chi connectivity index (χ2n) is 5.25. The van der Waals surface area contributed by atoms with Gasteiger partial charge in [-0.05, 0) is 36.4 Å². The van der Waals surface area contributed by atoms with Crippen molar-refractivity contribution in [3.8, 4) is 0 Å². The van der Waals surface area contributed by atoms with Crippen LogP contribution in [-0.4, -0.2) is 27.0 Å². The second-order valence-corrected chi connectivity index (χ2v) is 6.17. The molecule has 0 saturated carbocycles. The van der Waals surface area contributed by atoms with Gasteiger partial charge in [0.2, 0.25) is 5.91 Å². The summed E-state index contributed by atoms with van der Waals surface area (Å²) in [6, 6.07) is 12.8. The average molecular weight is 413 g/mol. The number of benzene rings is 2. The molecule has 3 N–H and O–H groups in total. The first-order chi connectivity index (χ1) is 12.5. The normalized spacial score (nSPS) is 10.8. The lowest BCUT2D eigenvalue weighted by Gasteiger charge is -2.10. The largest absolute Gasteiger partial charge is 0.478 e. The van der Waals surface area contributed by atoms with Crippen LogP contribution in [0, 0.1) is 0 Å². The highest BCUT2D eigenvalue weighted by Gasteiger charge is 2.07. The van der Waals surface area contributed by atoms with Gasteiger partial charge < -0.3 is 15.7 Å². The lowest BCUT2D eigenvalue weighted by Crippen LogP contribution is -2.08. The van der Waals surface area contributed by atoms with Gasteiger partial charge in [-0.25, -0.2) is 14.8 Å². The minimum atomic E-state index is -1.19. The van der Waals surface area contributed by atoms with Crippen molar-refractivity contribution < 1.29 is 14.7 Å². The summed E-state index contributed by atoms with van der Waals surface area (Å²) in [5, 5.41) is 15.1. The van der Waals surface area contributed by atoms with Crippen LogP contribution in [0.4, 0.5) is 17.2 Å². The summed E-state index contributed by atoms with van der Waals surface area (Å²) < 4.78 is 0.930. The molecule has 0 saturated heterocycles. The number of carboxylic acid groups (broad SMARTS) is 1. The molecule has 8 heteroatoms. The van der Waals surface area contributed by atoms with Crippen LogP contribution in [0.5, 0.6) is 0 Å². The van der Waals surface area contributed by atoms with Crippen molar-refractivity contribution in [2.45, 2.75) is 0 Å². The molecule has 0 bridgehead atoms. The molecule has 0 aliphatic heterocycles. The zero-order chi connectivity index (χ0) is 18.5. The van der Waals surface area contributed by atoms with Gasteiger partial charge in [0.05, 0.1) is 5.52 Å². The van der Waals surface area contributed by atoms with Crippen molar-refractivity contribution in [3.05, 3.63) is 65.4 Å². The van der Waals surface area contributed by atoms with Gasteiger partial charge in [0.25, 0.3) is 0 Å². The van der Waals surface area contributed by atoms with Crippen LogP contribution in [0.3, 0.4) is 0 Å². The van der Waals surface area contributed by atoms with Crippen molar-refractivity contribution in [2.75, 3.05) is 10.6 Å². The molecule has 0 radical (unpaired) electrons. The first kappa shape index (κ1) is 17.6. The van der Waals surface area contributed by atoms with Crippen LogP contribution >= 0.6 is 15.9 Å². The maximum atomic E-state index is 11.8. The van der Waals surface area contributed by atoms with E-state index in [4.69, 9.17) is 5.11 Å². The molecule has 1 amide bonds. The van der Waals surface area contributed by atoms with Crippen molar-refractivity contribution in [1.82, 2.24) is 9.97 Å². The van der Waals surface area contributed by atoms with E-state index in [1.165, 1.54) is 6.33 Å². The molecular weight excluding hydrogens is 400 g/mol. The Bertz CT molecular complexity index is 1020. The molecular formula is C18H13BrN4O3. The summed E-state index contributed by atoms with van der Waals surface area (Å²) in [5.41, 5.74) is 2.06. The van der Waals surface area contributed by atoms with Gasteiger partial charge in [-0.1, -0.05) is 22.0 Å². The van der Waals surface area contributed by atoms with Crippen molar-refractivity contribution >= 4 is 55.9 Å². The summed E-state index contributed by atoms with van der Waals surface area (Å²) >= 11 is 3.42. The molecule has 0 aliphatic carbocycles. The average Bonchev–Trinajstić information content (AvgIpc) is 2.60. The molecule has 7 nitrogen and oxygen atoms in total. The molecule has 0 aliphatic rings. The Hall–Kier alpha value is -3.26. The summed E-state index contributed by atoms with van der Waals surface area (Å²) in [7, 11) is 0. The maximum absolute atomic E-state index is 11.8. The Morgan fingerprint density at radius 1 is 1.04 bits per heavy atom. The smallest absolute Gasteiger partial charge is 0.328 e. The quantitative estimate of drug-likeness (QED) is 0.551. The number of anilines is 3. The van der Waals surface area contributed by atoms with E-state index in [9.17, 15) is 9.59 Å². The fraction of sp³-hybridized carbons (Fsp3) is 0. The number of hydrogen-bond acceptors (Lipinski definition) is 5.